The lowest BCUT2D eigenvalue weighted by Crippen LogP contribution is -2.41. The maximum absolute atomic E-state index is 13.9. The Morgan fingerprint density at radius 2 is 1.85 bits per heavy atom. The molecule has 0 bridgehead atoms. The van der Waals surface area contributed by atoms with Gasteiger partial charge >= 0.3 is 12.1 Å². The monoisotopic (exact) mass is 623 g/mol. The standard InChI is InChI=1S/C36H41N5O5/c1-25-20-29(35(43)41-22-30-21-37-39(2)34(30)38-31-10-6-7-11-32(31)41)13-12-28(25)14-15-33(42)45-23-27-16-18-40(19-17-27)36(44)46-24-26-8-4-3-5-9-26/h3-10,12-13,20-21,27,32,38H,11,14-19,22-24H2,1-2H3. The molecule has 1 aliphatic carbocycles. The van der Waals surface area contributed by atoms with Crippen molar-refractivity contribution in [1.29, 1.82) is 0 Å². The number of rotatable bonds is 8. The van der Waals surface area contributed by atoms with Gasteiger partial charge in [-0.2, -0.15) is 5.10 Å². The van der Waals surface area contributed by atoms with Gasteiger partial charge in [-0.05, 0) is 73.4 Å². The van der Waals surface area contributed by atoms with Gasteiger partial charge in [0.2, 0.25) is 0 Å². The summed E-state index contributed by atoms with van der Waals surface area (Å²) in [5.74, 6) is 0.860. The highest BCUT2D eigenvalue weighted by atomic mass is 16.6. The van der Waals surface area contributed by atoms with Gasteiger partial charge in [0.15, 0.2) is 0 Å². The second kappa shape index (κ2) is 14.1. The Bertz CT molecular complexity index is 1640. The van der Waals surface area contributed by atoms with E-state index in [2.05, 4.69) is 16.5 Å². The van der Waals surface area contributed by atoms with Gasteiger partial charge < -0.3 is 24.6 Å². The lowest BCUT2D eigenvalue weighted by atomic mass is 9.98. The summed E-state index contributed by atoms with van der Waals surface area (Å²) in [6.07, 6.45) is 10.7. The van der Waals surface area contributed by atoms with Gasteiger partial charge in [-0.1, -0.05) is 48.6 Å². The number of aromatic nitrogens is 2. The molecule has 0 saturated carbocycles. The van der Waals surface area contributed by atoms with Crippen LogP contribution in [0.25, 0.3) is 0 Å². The number of benzene rings is 2. The van der Waals surface area contributed by atoms with Crippen LogP contribution in [0.4, 0.5) is 10.6 Å². The first kappa shape index (κ1) is 31.1. The number of hydrogen-bond acceptors (Lipinski definition) is 7. The van der Waals surface area contributed by atoms with Crippen LogP contribution in [0.3, 0.4) is 0 Å². The molecule has 2 aliphatic heterocycles. The SMILES string of the molecule is Cc1cc(C(=O)N2Cc3cnn(C)c3NC3=CC=CCC32)ccc1CCC(=O)OCC1CCN(C(=O)OCc2ccccc2)CC1. The number of aryl methyl sites for hydroxylation is 3. The molecule has 0 radical (unpaired) electrons. The zero-order chi connectivity index (χ0) is 32.0. The smallest absolute Gasteiger partial charge is 0.410 e. The molecule has 240 valence electrons. The van der Waals surface area contributed by atoms with Gasteiger partial charge in [-0.25, -0.2) is 4.79 Å². The summed E-state index contributed by atoms with van der Waals surface area (Å²) in [4.78, 5) is 42.5. The van der Waals surface area contributed by atoms with Crippen LogP contribution < -0.4 is 5.32 Å². The van der Waals surface area contributed by atoms with Crippen LogP contribution in [0.15, 0.2) is 78.7 Å². The normalized spacial score (nSPS) is 17.7. The van der Waals surface area contributed by atoms with E-state index < -0.39 is 0 Å². The number of anilines is 1. The number of nitrogens with zero attached hydrogens (tertiary/aromatic N) is 4. The van der Waals surface area contributed by atoms with Gasteiger partial charge in [0.25, 0.3) is 5.91 Å². The van der Waals surface area contributed by atoms with Crippen LogP contribution in [0.1, 0.15) is 58.3 Å². The zero-order valence-electron chi connectivity index (χ0n) is 26.5. The predicted molar refractivity (Wildman–Crippen MR) is 174 cm³/mol. The fourth-order valence-corrected chi connectivity index (χ4v) is 6.33. The highest BCUT2D eigenvalue weighted by Crippen LogP contribution is 2.31. The van der Waals surface area contributed by atoms with E-state index in [0.29, 0.717) is 38.2 Å². The highest BCUT2D eigenvalue weighted by molar-refractivity contribution is 5.95. The van der Waals surface area contributed by atoms with Gasteiger partial charge in [0.1, 0.15) is 12.4 Å². The number of allylic oxidation sites excluding steroid dienone is 2. The number of esters is 1. The van der Waals surface area contributed by atoms with Crippen molar-refractivity contribution >= 4 is 23.8 Å². The number of ether oxygens (including phenoxy) is 2. The Morgan fingerprint density at radius 3 is 2.63 bits per heavy atom. The van der Waals surface area contributed by atoms with E-state index in [4.69, 9.17) is 9.47 Å². The van der Waals surface area contributed by atoms with Crippen molar-refractivity contribution in [3.63, 3.8) is 0 Å². The van der Waals surface area contributed by atoms with E-state index in [0.717, 1.165) is 53.0 Å². The molecular weight excluding hydrogens is 582 g/mol. The number of hydrogen-bond donors (Lipinski definition) is 1. The van der Waals surface area contributed by atoms with Crippen LogP contribution >= 0.6 is 0 Å². The molecule has 1 aromatic heterocycles. The number of amides is 2. The first-order valence-electron chi connectivity index (χ1n) is 16.0. The zero-order valence-corrected chi connectivity index (χ0v) is 26.5. The van der Waals surface area contributed by atoms with E-state index in [-0.39, 0.29) is 43.0 Å². The maximum Gasteiger partial charge on any atom is 0.410 e. The summed E-state index contributed by atoms with van der Waals surface area (Å²) in [6, 6.07) is 15.3. The molecule has 3 heterocycles. The average Bonchev–Trinajstić information content (AvgIpc) is 3.33. The maximum atomic E-state index is 13.9. The van der Waals surface area contributed by atoms with E-state index in [1.165, 1.54) is 0 Å². The van der Waals surface area contributed by atoms with Crippen LogP contribution in [-0.4, -0.2) is 63.3 Å². The minimum atomic E-state index is -0.304. The second-order valence-corrected chi connectivity index (χ2v) is 12.3. The first-order chi connectivity index (χ1) is 22.4. The van der Waals surface area contributed by atoms with E-state index in [9.17, 15) is 14.4 Å². The fraction of sp³-hybridized carbons (Fsp3) is 0.389. The average molecular weight is 624 g/mol. The summed E-state index contributed by atoms with van der Waals surface area (Å²) < 4.78 is 12.9. The lowest BCUT2D eigenvalue weighted by molar-refractivity contribution is -0.145. The molecule has 1 N–H and O–H groups in total. The minimum Gasteiger partial charge on any atom is -0.465 e. The van der Waals surface area contributed by atoms with E-state index in [1.54, 1.807) is 9.58 Å². The number of carbonyl (C=O) groups excluding carboxylic acids is 3. The van der Waals surface area contributed by atoms with E-state index in [1.807, 2.05) is 85.8 Å². The number of fused-ring (bicyclic) bond motifs is 2. The second-order valence-electron chi connectivity index (χ2n) is 12.3. The van der Waals surface area contributed by atoms with Crippen molar-refractivity contribution in [3.8, 4) is 0 Å². The van der Waals surface area contributed by atoms with Gasteiger partial charge in [0, 0.05) is 43.4 Å². The third-order valence-corrected chi connectivity index (χ3v) is 9.13. The third kappa shape index (κ3) is 7.17. The van der Waals surface area contributed by atoms with Gasteiger partial charge in [-0.3, -0.25) is 14.3 Å². The molecule has 1 atom stereocenters. The van der Waals surface area contributed by atoms with Gasteiger partial charge in [0.05, 0.1) is 25.4 Å². The highest BCUT2D eigenvalue weighted by Gasteiger charge is 2.33. The van der Waals surface area contributed by atoms with E-state index >= 15 is 0 Å². The van der Waals surface area contributed by atoms with Gasteiger partial charge in [-0.15, -0.1) is 0 Å². The largest absolute Gasteiger partial charge is 0.465 e. The number of piperidine rings is 1. The molecular formula is C36H41N5O5. The molecule has 3 aromatic rings. The molecule has 1 fully saturated rings. The quantitative estimate of drug-likeness (QED) is 0.329. The van der Waals surface area contributed by atoms with Crippen molar-refractivity contribution in [2.75, 3.05) is 25.0 Å². The Morgan fingerprint density at radius 1 is 1.04 bits per heavy atom. The number of carbonyl (C=O) groups is 3. The van der Waals surface area contributed by atoms with Crippen LogP contribution in [0, 0.1) is 12.8 Å². The summed E-state index contributed by atoms with van der Waals surface area (Å²) in [6.45, 7) is 4.24. The molecule has 0 spiro atoms. The molecule has 10 nitrogen and oxygen atoms in total. The van der Waals surface area contributed by atoms with Crippen molar-refractivity contribution in [1.82, 2.24) is 19.6 Å². The molecule has 1 unspecified atom stereocenters. The summed E-state index contributed by atoms with van der Waals surface area (Å²) in [5, 5.41) is 7.88. The number of nitrogens with one attached hydrogen (secondary N) is 1. The molecule has 2 amide bonds. The molecule has 10 heteroatoms. The van der Waals surface area contributed by atoms with Crippen molar-refractivity contribution in [2.24, 2.45) is 13.0 Å². The molecule has 46 heavy (non-hydrogen) atoms. The fourth-order valence-electron chi connectivity index (χ4n) is 6.33. The minimum absolute atomic E-state index is 0.0331. The topological polar surface area (TPSA) is 106 Å². The Balaban J connectivity index is 0.965. The molecule has 1 saturated heterocycles. The summed E-state index contributed by atoms with van der Waals surface area (Å²) in [5.41, 5.74) is 5.53. The van der Waals surface area contributed by atoms with Crippen LogP contribution in [-0.2, 0) is 40.9 Å². The molecule has 3 aliphatic rings. The first-order valence-corrected chi connectivity index (χ1v) is 16.0. The lowest BCUT2D eigenvalue weighted by Gasteiger charge is -2.32. The van der Waals surface area contributed by atoms with Crippen molar-refractivity contribution in [2.45, 2.75) is 58.2 Å². The molecule has 6 rings (SSSR count). The third-order valence-electron chi connectivity index (χ3n) is 9.13. The Hall–Kier alpha value is -4.86. The predicted octanol–water partition coefficient (Wildman–Crippen LogP) is 5.53. The Kier molecular flexibility index (Phi) is 9.51. The number of likely N-dealkylation sites (tertiary alicyclic amines) is 1. The van der Waals surface area contributed by atoms with Crippen molar-refractivity contribution in [3.05, 3.63) is 106 Å². The molecule has 2 aromatic carbocycles. The van der Waals surface area contributed by atoms with Crippen LogP contribution in [0.5, 0.6) is 0 Å². The summed E-state index contributed by atoms with van der Waals surface area (Å²) >= 11 is 0. The summed E-state index contributed by atoms with van der Waals surface area (Å²) in [7, 11) is 1.90. The van der Waals surface area contributed by atoms with Crippen molar-refractivity contribution < 1.29 is 23.9 Å². The Labute approximate surface area is 269 Å². The van der Waals surface area contributed by atoms with Crippen LogP contribution in [0.2, 0.25) is 0 Å².